The van der Waals surface area contributed by atoms with Crippen LogP contribution in [-0.2, 0) is 14.3 Å². The highest BCUT2D eigenvalue weighted by Crippen LogP contribution is 2.14. The van der Waals surface area contributed by atoms with E-state index in [2.05, 4.69) is 10.6 Å². The van der Waals surface area contributed by atoms with Gasteiger partial charge in [-0.15, -0.1) is 0 Å². The molecular formula is C15H24N4O3. The molecule has 1 atom stereocenters. The van der Waals surface area contributed by atoms with Crippen molar-refractivity contribution >= 4 is 23.2 Å². The summed E-state index contributed by atoms with van der Waals surface area (Å²) in [6.45, 7) is 0.608. The van der Waals surface area contributed by atoms with Gasteiger partial charge in [-0.1, -0.05) is 0 Å². The van der Waals surface area contributed by atoms with E-state index in [9.17, 15) is 9.59 Å². The van der Waals surface area contributed by atoms with Gasteiger partial charge in [-0.3, -0.25) is 9.59 Å². The summed E-state index contributed by atoms with van der Waals surface area (Å²) in [6, 6.07) is 6.93. The van der Waals surface area contributed by atoms with E-state index in [1.807, 2.05) is 14.1 Å². The van der Waals surface area contributed by atoms with Crippen molar-refractivity contribution in [3.63, 3.8) is 0 Å². The van der Waals surface area contributed by atoms with Gasteiger partial charge < -0.3 is 26.0 Å². The van der Waals surface area contributed by atoms with Crippen molar-refractivity contribution in [3.8, 4) is 0 Å². The topological polar surface area (TPSA) is 96.7 Å². The molecule has 7 nitrogen and oxygen atoms in total. The number of methoxy groups -OCH3 is 1. The van der Waals surface area contributed by atoms with Crippen LogP contribution >= 0.6 is 0 Å². The molecule has 0 aliphatic heterocycles. The van der Waals surface area contributed by atoms with E-state index in [0.717, 1.165) is 0 Å². The molecule has 1 aromatic carbocycles. The number of hydrogen-bond donors (Lipinski definition) is 3. The molecule has 0 aliphatic rings. The minimum absolute atomic E-state index is 0.0901. The number of nitrogens with two attached hydrogens (primary N) is 1. The van der Waals surface area contributed by atoms with Gasteiger partial charge in [-0.2, -0.15) is 0 Å². The number of ether oxygens (including phenoxy) is 1. The van der Waals surface area contributed by atoms with Crippen LogP contribution in [0.4, 0.5) is 11.4 Å². The largest absolute Gasteiger partial charge is 0.380 e. The second kappa shape index (κ2) is 9.14. The molecule has 0 saturated heterocycles. The summed E-state index contributed by atoms with van der Waals surface area (Å²) in [5.74, 6) is -0.255. The van der Waals surface area contributed by atoms with Crippen LogP contribution < -0.4 is 16.4 Å². The smallest absolute Gasteiger partial charge is 0.238 e. The molecule has 0 spiro atoms. The Morgan fingerprint density at radius 3 is 2.05 bits per heavy atom. The summed E-state index contributed by atoms with van der Waals surface area (Å²) in [7, 11) is 5.18. The molecule has 1 rings (SSSR count). The van der Waals surface area contributed by atoms with E-state index in [1.54, 1.807) is 29.2 Å². The van der Waals surface area contributed by atoms with E-state index in [0.29, 0.717) is 24.5 Å². The molecule has 122 valence electrons. The maximum absolute atomic E-state index is 11.8. The number of hydrogen-bond acceptors (Lipinski definition) is 5. The van der Waals surface area contributed by atoms with Crippen molar-refractivity contribution in [2.45, 2.75) is 12.5 Å². The lowest BCUT2D eigenvalue weighted by atomic mass is 10.2. The van der Waals surface area contributed by atoms with Crippen molar-refractivity contribution in [1.82, 2.24) is 4.90 Å². The highest BCUT2D eigenvalue weighted by atomic mass is 16.5. The number of likely N-dealkylation sites (N-methyl/N-ethyl adjacent to an activating group) is 1. The van der Waals surface area contributed by atoms with Crippen LogP contribution in [0.3, 0.4) is 0 Å². The van der Waals surface area contributed by atoms with Crippen LogP contribution in [0, 0.1) is 0 Å². The lowest BCUT2D eigenvalue weighted by Gasteiger charge is -2.13. The van der Waals surface area contributed by atoms with Crippen LogP contribution in [0.1, 0.15) is 6.42 Å². The number of rotatable bonds is 8. The van der Waals surface area contributed by atoms with E-state index in [1.165, 1.54) is 7.11 Å². The molecule has 0 aliphatic carbocycles. The average Bonchev–Trinajstić information content (AvgIpc) is 2.46. The Morgan fingerprint density at radius 2 is 1.64 bits per heavy atom. The SMILES string of the molecule is COC(CN)CC(=O)Nc1ccc(NC(=O)CN(C)C)cc1. The number of benzene rings is 1. The minimum Gasteiger partial charge on any atom is -0.380 e. The Balaban J connectivity index is 2.51. The molecular weight excluding hydrogens is 284 g/mol. The standard InChI is InChI=1S/C15H24N4O3/c1-19(2)10-15(21)18-12-6-4-11(5-7-12)17-14(20)8-13(9-16)22-3/h4-7,13H,8-10,16H2,1-3H3,(H,17,20)(H,18,21). The van der Waals surface area contributed by atoms with Crippen molar-refractivity contribution in [2.75, 3.05) is 44.9 Å². The van der Waals surface area contributed by atoms with Crippen LogP contribution in [0.15, 0.2) is 24.3 Å². The lowest BCUT2D eigenvalue weighted by molar-refractivity contribution is -0.118. The van der Waals surface area contributed by atoms with Gasteiger partial charge in [0.1, 0.15) is 0 Å². The van der Waals surface area contributed by atoms with Crippen LogP contribution in [0.2, 0.25) is 0 Å². The first kappa shape index (κ1) is 18.1. The zero-order valence-electron chi connectivity index (χ0n) is 13.3. The van der Waals surface area contributed by atoms with Crippen LogP contribution in [0.25, 0.3) is 0 Å². The Hall–Kier alpha value is -1.96. The van der Waals surface area contributed by atoms with Gasteiger partial charge in [0.2, 0.25) is 11.8 Å². The fraction of sp³-hybridized carbons (Fsp3) is 0.467. The number of nitrogens with zero attached hydrogens (tertiary/aromatic N) is 1. The minimum atomic E-state index is -0.287. The highest BCUT2D eigenvalue weighted by Gasteiger charge is 2.11. The van der Waals surface area contributed by atoms with E-state index in [4.69, 9.17) is 10.5 Å². The third kappa shape index (κ3) is 6.66. The Morgan fingerprint density at radius 1 is 1.14 bits per heavy atom. The van der Waals surface area contributed by atoms with Crippen LogP contribution in [-0.4, -0.2) is 57.1 Å². The second-order valence-electron chi connectivity index (χ2n) is 5.21. The molecule has 0 saturated carbocycles. The van der Waals surface area contributed by atoms with Gasteiger partial charge in [-0.05, 0) is 38.4 Å². The molecule has 0 radical (unpaired) electrons. The first-order chi connectivity index (χ1) is 10.4. The summed E-state index contributed by atoms with van der Waals surface area (Å²) in [4.78, 5) is 25.2. The first-order valence-electron chi connectivity index (χ1n) is 7.02. The molecule has 0 heterocycles. The van der Waals surface area contributed by atoms with Gasteiger partial charge in [0.25, 0.3) is 0 Å². The molecule has 0 fully saturated rings. The summed E-state index contributed by atoms with van der Waals surface area (Å²) >= 11 is 0. The van der Waals surface area contributed by atoms with Crippen LogP contribution in [0.5, 0.6) is 0 Å². The zero-order chi connectivity index (χ0) is 16.5. The molecule has 2 amide bonds. The Labute approximate surface area is 130 Å². The monoisotopic (exact) mass is 308 g/mol. The van der Waals surface area contributed by atoms with Crippen molar-refractivity contribution in [1.29, 1.82) is 0 Å². The molecule has 7 heteroatoms. The lowest BCUT2D eigenvalue weighted by Crippen LogP contribution is -2.28. The molecule has 0 aromatic heterocycles. The molecule has 1 aromatic rings. The van der Waals surface area contributed by atoms with Gasteiger partial charge in [-0.25, -0.2) is 0 Å². The Kier molecular flexibility index (Phi) is 7.51. The first-order valence-corrected chi connectivity index (χ1v) is 7.02. The molecule has 22 heavy (non-hydrogen) atoms. The number of nitrogens with one attached hydrogen (secondary N) is 2. The summed E-state index contributed by atoms with van der Waals surface area (Å²) in [5, 5.41) is 5.53. The van der Waals surface area contributed by atoms with Crippen molar-refractivity contribution < 1.29 is 14.3 Å². The normalized spacial score (nSPS) is 12.0. The molecule has 0 bridgehead atoms. The fourth-order valence-corrected chi connectivity index (χ4v) is 1.81. The number of carbonyl (C=O) groups is 2. The second-order valence-corrected chi connectivity index (χ2v) is 5.21. The number of amides is 2. The summed E-state index contributed by atoms with van der Waals surface area (Å²) < 4.78 is 5.07. The van der Waals surface area contributed by atoms with E-state index < -0.39 is 0 Å². The third-order valence-electron chi connectivity index (χ3n) is 2.92. The van der Waals surface area contributed by atoms with Gasteiger partial charge in [0.15, 0.2) is 0 Å². The number of carbonyl (C=O) groups excluding carboxylic acids is 2. The molecule has 1 unspecified atom stereocenters. The van der Waals surface area contributed by atoms with Gasteiger partial charge in [0, 0.05) is 25.0 Å². The zero-order valence-corrected chi connectivity index (χ0v) is 13.3. The average molecular weight is 308 g/mol. The maximum Gasteiger partial charge on any atom is 0.238 e. The maximum atomic E-state index is 11.8. The summed E-state index contributed by atoms with van der Waals surface area (Å²) in [6.07, 6.45) is -0.0847. The van der Waals surface area contributed by atoms with Crippen molar-refractivity contribution in [2.24, 2.45) is 5.73 Å². The predicted molar refractivity (Wildman–Crippen MR) is 86.7 cm³/mol. The van der Waals surface area contributed by atoms with Crippen molar-refractivity contribution in [3.05, 3.63) is 24.3 Å². The molecule has 4 N–H and O–H groups in total. The van der Waals surface area contributed by atoms with Gasteiger partial charge >= 0.3 is 0 Å². The third-order valence-corrected chi connectivity index (χ3v) is 2.92. The Bertz CT molecular complexity index is 484. The fourth-order valence-electron chi connectivity index (χ4n) is 1.81. The quantitative estimate of drug-likeness (QED) is 0.649. The summed E-state index contributed by atoms with van der Waals surface area (Å²) in [5.41, 5.74) is 6.81. The predicted octanol–water partition coefficient (Wildman–Crippen LogP) is 0.489. The van der Waals surface area contributed by atoms with E-state index in [-0.39, 0.29) is 24.3 Å². The van der Waals surface area contributed by atoms with E-state index >= 15 is 0 Å². The van der Waals surface area contributed by atoms with Gasteiger partial charge in [0.05, 0.1) is 19.1 Å². The number of anilines is 2. The highest BCUT2D eigenvalue weighted by molar-refractivity contribution is 5.93.